The lowest BCUT2D eigenvalue weighted by Crippen LogP contribution is -2.48. The van der Waals surface area contributed by atoms with Crippen LogP contribution in [0.3, 0.4) is 0 Å². The van der Waals surface area contributed by atoms with E-state index >= 15 is 0 Å². The summed E-state index contributed by atoms with van der Waals surface area (Å²) in [6.07, 6.45) is 1.19. The lowest BCUT2D eigenvalue weighted by Gasteiger charge is -2.37. The number of benzene rings is 1. The number of hydrogen-bond acceptors (Lipinski definition) is 4. The molecule has 0 unspecified atom stereocenters. The van der Waals surface area contributed by atoms with Gasteiger partial charge in [0.2, 0.25) is 0 Å². The van der Waals surface area contributed by atoms with Crippen molar-refractivity contribution >= 4 is 11.8 Å². The molecule has 0 saturated carbocycles. The topological polar surface area (TPSA) is 15.7 Å². The molecule has 1 saturated heterocycles. The number of rotatable bonds is 6. The standard InChI is InChI=1S/C15H24N2OS/c1-3-8-17(16-9-11-18-12-10-16)13-19-15-6-4-14(2)5-7-15/h4-7H,3,8-13H2,1-2H3. The molecule has 0 bridgehead atoms. The Kier molecular flexibility index (Phi) is 6.17. The van der Waals surface area contributed by atoms with Gasteiger partial charge >= 0.3 is 0 Å². The van der Waals surface area contributed by atoms with E-state index in [9.17, 15) is 0 Å². The fourth-order valence-corrected chi connectivity index (χ4v) is 3.08. The molecule has 3 nitrogen and oxygen atoms in total. The van der Waals surface area contributed by atoms with Crippen LogP contribution < -0.4 is 0 Å². The van der Waals surface area contributed by atoms with Gasteiger partial charge in [-0.3, -0.25) is 0 Å². The molecule has 0 radical (unpaired) electrons. The van der Waals surface area contributed by atoms with Crippen molar-refractivity contribution in [1.82, 2.24) is 10.0 Å². The number of hydrazine groups is 1. The normalized spacial score (nSPS) is 17.0. The maximum Gasteiger partial charge on any atom is 0.0637 e. The highest BCUT2D eigenvalue weighted by Crippen LogP contribution is 2.20. The van der Waals surface area contributed by atoms with Crippen molar-refractivity contribution < 1.29 is 4.74 Å². The van der Waals surface area contributed by atoms with Gasteiger partial charge in [-0.15, -0.1) is 11.8 Å². The molecule has 1 fully saturated rings. The predicted octanol–water partition coefficient (Wildman–Crippen LogP) is 3.00. The molecule has 19 heavy (non-hydrogen) atoms. The smallest absolute Gasteiger partial charge is 0.0637 e. The van der Waals surface area contributed by atoms with Gasteiger partial charge in [-0.25, -0.2) is 10.0 Å². The zero-order chi connectivity index (χ0) is 13.5. The molecular weight excluding hydrogens is 256 g/mol. The third-order valence-electron chi connectivity index (χ3n) is 3.27. The second-order valence-corrected chi connectivity index (χ2v) is 5.90. The van der Waals surface area contributed by atoms with E-state index in [1.165, 1.54) is 16.9 Å². The molecule has 0 aromatic heterocycles. The van der Waals surface area contributed by atoms with E-state index in [-0.39, 0.29) is 0 Å². The largest absolute Gasteiger partial charge is 0.379 e. The maximum absolute atomic E-state index is 5.43. The number of aryl methyl sites for hydroxylation is 1. The first-order valence-corrected chi connectivity index (χ1v) is 8.05. The van der Waals surface area contributed by atoms with Crippen molar-refractivity contribution in [2.24, 2.45) is 0 Å². The third-order valence-corrected chi connectivity index (χ3v) is 4.30. The van der Waals surface area contributed by atoms with E-state index in [1.807, 2.05) is 11.8 Å². The van der Waals surface area contributed by atoms with Crippen LogP contribution in [0.2, 0.25) is 0 Å². The van der Waals surface area contributed by atoms with Crippen molar-refractivity contribution in [1.29, 1.82) is 0 Å². The van der Waals surface area contributed by atoms with Crippen LogP contribution in [0, 0.1) is 6.92 Å². The van der Waals surface area contributed by atoms with E-state index in [2.05, 4.69) is 48.1 Å². The monoisotopic (exact) mass is 280 g/mol. The first-order valence-electron chi connectivity index (χ1n) is 7.06. The van der Waals surface area contributed by atoms with Crippen LogP contribution >= 0.6 is 11.8 Å². The minimum atomic E-state index is 0.857. The molecule has 0 N–H and O–H groups in total. The Morgan fingerprint density at radius 3 is 2.53 bits per heavy atom. The van der Waals surface area contributed by atoms with Crippen molar-refractivity contribution in [3.63, 3.8) is 0 Å². The highest BCUT2D eigenvalue weighted by molar-refractivity contribution is 7.99. The van der Waals surface area contributed by atoms with Crippen LogP contribution in [0.15, 0.2) is 29.2 Å². The van der Waals surface area contributed by atoms with Crippen LogP contribution in [-0.4, -0.2) is 48.7 Å². The van der Waals surface area contributed by atoms with Crippen LogP contribution in [0.25, 0.3) is 0 Å². The molecule has 0 atom stereocenters. The number of hydrogen-bond donors (Lipinski definition) is 0. The van der Waals surface area contributed by atoms with Gasteiger partial charge in [0.25, 0.3) is 0 Å². The van der Waals surface area contributed by atoms with Crippen molar-refractivity contribution in [3.8, 4) is 0 Å². The lowest BCUT2D eigenvalue weighted by molar-refractivity contribution is -0.0790. The summed E-state index contributed by atoms with van der Waals surface area (Å²) in [7, 11) is 0. The van der Waals surface area contributed by atoms with E-state index in [0.29, 0.717) is 0 Å². The summed E-state index contributed by atoms with van der Waals surface area (Å²) >= 11 is 1.91. The van der Waals surface area contributed by atoms with Crippen LogP contribution in [0.4, 0.5) is 0 Å². The number of thioether (sulfide) groups is 1. The number of nitrogens with zero attached hydrogens (tertiary/aromatic N) is 2. The van der Waals surface area contributed by atoms with E-state index in [4.69, 9.17) is 4.74 Å². The number of morpholine rings is 1. The van der Waals surface area contributed by atoms with Gasteiger partial charge in [-0.1, -0.05) is 24.6 Å². The molecule has 1 aliphatic rings. The molecule has 0 amide bonds. The van der Waals surface area contributed by atoms with E-state index < -0.39 is 0 Å². The highest BCUT2D eigenvalue weighted by Gasteiger charge is 2.17. The molecule has 0 aliphatic carbocycles. The molecule has 4 heteroatoms. The van der Waals surface area contributed by atoms with Gasteiger partial charge in [-0.05, 0) is 25.5 Å². The van der Waals surface area contributed by atoms with Crippen molar-refractivity contribution in [3.05, 3.63) is 29.8 Å². The fraction of sp³-hybridized carbons (Fsp3) is 0.600. The Labute approximate surface area is 120 Å². The maximum atomic E-state index is 5.43. The summed E-state index contributed by atoms with van der Waals surface area (Å²) in [6, 6.07) is 8.79. The predicted molar refractivity (Wildman–Crippen MR) is 81.3 cm³/mol. The third kappa shape index (κ3) is 4.80. The summed E-state index contributed by atoms with van der Waals surface area (Å²) in [5.41, 5.74) is 1.32. The fourth-order valence-electron chi connectivity index (χ4n) is 2.17. The molecule has 106 valence electrons. The average Bonchev–Trinajstić information content (AvgIpc) is 2.46. The summed E-state index contributed by atoms with van der Waals surface area (Å²) in [6.45, 7) is 9.25. The minimum Gasteiger partial charge on any atom is -0.379 e. The Balaban J connectivity index is 1.87. The highest BCUT2D eigenvalue weighted by atomic mass is 32.2. The molecule has 2 rings (SSSR count). The SMILES string of the molecule is CCCN(CSc1ccc(C)cc1)N1CCOCC1. The minimum absolute atomic E-state index is 0.857. The molecule has 0 spiro atoms. The summed E-state index contributed by atoms with van der Waals surface area (Å²) in [5.74, 6) is 1.02. The quantitative estimate of drug-likeness (QED) is 0.588. The Morgan fingerprint density at radius 2 is 1.89 bits per heavy atom. The van der Waals surface area contributed by atoms with Gasteiger partial charge in [0.15, 0.2) is 0 Å². The van der Waals surface area contributed by atoms with Crippen molar-refractivity contribution in [2.75, 3.05) is 38.7 Å². The van der Waals surface area contributed by atoms with Gasteiger partial charge in [0, 0.05) is 24.5 Å². The van der Waals surface area contributed by atoms with Gasteiger partial charge < -0.3 is 4.74 Å². The first-order chi connectivity index (χ1) is 9.29. The second kappa shape index (κ2) is 7.90. The Hall–Kier alpha value is -0.550. The van der Waals surface area contributed by atoms with Crippen molar-refractivity contribution in [2.45, 2.75) is 25.2 Å². The molecule has 1 heterocycles. The zero-order valence-corrected chi connectivity index (χ0v) is 12.8. The van der Waals surface area contributed by atoms with Gasteiger partial charge in [-0.2, -0.15) is 0 Å². The summed E-state index contributed by atoms with van der Waals surface area (Å²) < 4.78 is 5.43. The van der Waals surface area contributed by atoms with Crippen LogP contribution in [-0.2, 0) is 4.74 Å². The van der Waals surface area contributed by atoms with Crippen LogP contribution in [0.5, 0.6) is 0 Å². The van der Waals surface area contributed by atoms with Gasteiger partial charge in [0.05, 0.1) is 19.1 Å². The molecule has 1 aliphatic heterocycles. The van der Waals surface area contributed by atoms with E-state index in [1.54, 1.807) is 0 Å². The molecule has 1 aromatic carbocycles. The number of ether oxygens (including phenoxy) is 1. The second-order valence-electron chi connectivity index (χ2n) is 4.88. The molecular formula is C15H24N2OS. The zero-order valence-electron chi connectivity index (χ0n) is 12.0. The molecule has 1 aromatic rings. The average molecular weight is 280 g/mol. The summed E-state index contributed by atoms with van der Waals surface area (Å²) in [5, 5.41) is 4.90. The summed E-state index contributed by atoms with van der Waals surface area (Å²) in [4.78, 5) is 1.35. The Morgan fingerprint density at radius 1 is 1.21 bits per heavy atom. The Bertz CT molecular complexity index is 363. The lowest BCUT2D eigenvalue weighted by atomic mass is 10.2. The van der Waals surface area contributed by atoms with Gasteiger partial charge in [0.1, 0.15) is 0 Å². The first kappa shape index (κ1) is 14.9. The van der Waals surface area contributed by atoms with Crippen LogP contribution in [0.1, 0.15) is 18.9 Å². The van der Waals surface area contributed by atoms with E-state index in [0.717, 1.165) is 38.7 Å².